The Hall–Kier alpha value is -4.21. The molecule has 0 bridgehead atoms. The summed E-state index contributed by atoms with van der Waals surface area (Å²) in [4.78, 5) is 38.0. The van der Waals surface area contributed by atoms with E-state index in [0.717, 1.165) is 43.4 Å². The van der Waals surface area contributed by atoms with E-state index in [0.29, 0.717) is 67.4 Å². The second kappa shape index (κ2) is 13.4. The predicted molar refractivity (Wildman–Crippen MR) is 169 cm³/mol. The highest BCUT2D eigenvalue weighted by molar-refractivity contribution is 6.09. The number of alkyl halides is 1. The molecule has 0 spiro atoms. The van der Waals surface area contributed by atoms with Gasteiger partial charge < -0.3 is 19.5 Å². The molecule has 2 aliphatic carbocycles. The van der Waals surface area contributed by atoms with E-state index >= 15 is 4.39 Å². The number of anilines is 2. The van der Waals surface area contributed by atoms with Crippen LogP contribution in [-0.2, 0) is 4.79 Å². The summed E-state index contributed by atoms with van der Waals surface area (Å²) < 4.78 is 27.0. The van der Waals surface area contributed by atoms with Gasteiger partial charge in [0.25, 0.3) is 5.91 Å². The van der Waals surface area contributed by atoms with Gasteiger partial charge in [0.2, 0.25) is 5.88 Å². The first-order chi connectivity index (χ1) is 21.8. The van der Waals surface area contributed by atoms with E-state index in [1.165, 1.54) is 4.90 Å². The highest BCUT2D eigenvalue weighted by atomic mass is 19.1. The van der Waals surface area contributed by atoms with Crippen molar-refractivity contribution in [3.8, 4) is 11.6 Å². The molecule has 10 heteroatoms. The molecule has 2 aromatic heterocycles. The molecule has 1 saturated heterocycles. The van der Waals surface area contributed by atoms with Crippen molar-refractivity contribution in [3.63, 3.8) is 0 Å². The van der Waals surface area contributed by atoms with Crippen molar-refractivity contribution in [2.75, 3.05) is 43.2 Å². The Morgan fingerprint density at radius 3 is 2.51 bits per heavy atom. The van der Waals surface area contributed by atoms with E-state index in [4.69, 9.17) is 9.47 Å². The second-order valence-electron chi connectivity index (χ2n) is 12.7. The Morgan fingerprint density at radius 2 is 1.87 bits per heavy atom. The minimum Gasteiger partial charge on any atom is -0.497 e. The molecular formula is C35H41FN4O5. The molecule has 1 amide bonds. The normalized spacial score (nSPS) is 18.5. The summed E-state index contributed by atoms with van der Waals surface area (Å²) in [5, 5.41) is 9.39. The lowest BCUT2D eigenvalue weighted by Crippen LogP contribution is -2.48. The third-order valence-corrected chi connectivity index (χ3v) is 9.49. The monoisotopic (exact) mass is 616 g/mol. The van der Waals surface area contributed by atoms with E-state index in [-0.39, 0.29) is 24.8 Å². The highest BCUT2D eigenvalue weighted by Crippen LogP contribution is 2.45. The van der Waals surface area contributed by atoms with Crippen LogP contribution in [0.25, 0.3) is 0 Å². The van der Waals surface area contributed by atoms with E-state index in [1.54, 1.807) is 43.8 Å². The Balaban J connectivity index is 1.13. The van der Waals surface area contributed by atoms with E-state index in [1.807, 2.05) is 24.3 Å². The van der Waals surface area contributed by atoms with Gasteiger partial charge in [0.15, 0.2) is 0 Å². The molecule has 1 aromatic carbocycles. The summed E-state index contributed by atoms with van der Waals surface area (Å²) in [5.41, 5.74) is 0.833. The van der Waals surface area contributed by atoms with Crippen molar-refractivity contribution >= 4 is 23.4 Å². The van der Waals surface area contributed by atoms with Crippen LogP contribution in [0.2, 0.25) is 0 Å². The predicted octanol–water partition coefficient (Wildman–Crippen LogP) is 6.29. The molecular weight excluding hydrogens is 575 g/mol. The maximum atomic E-state index is 15.4. The van der Waals surface area contributed by atoms with Crippen molar-refractivity contribution in [2.45, 2.75) is 63.0 Å². The molecule has 1 N–H and O–H groups in total. The Bertz CT molecular complexity index is 1490. The highest BCUT2D eigenvalue weighted by Gasteiger charge is 2.41. The maximum absolute atomic E-state index is 15.4. The zero-order valence-corrected chi connectivity index (χ0v) is 25.7. The lowest BCUT2D eigenvalue weighted by molar-refractivity contribution is -0.137. The molecule has 1 unspecified atom stereocenters. The quantitative estimate of drug-likeness (QED) is 0.239. The van der Waals surface area contributed by atoms with Crippen molar-refractivity contribution in [3.05, 3.63) is 72.1 Å². The number of piperidine rings is 1. The number of halogens is 1. The Morgan fingerprint density at radius 1 is 1.07 bits per heavy atom. The van der Waals surface area contributed by atoms with E-state index in [9.17, 15) is 14.7 Å². The molecule has 0 radical (unpaired) electrons. The van der Waals surface area contributed by atoms with Gasteiger partial charge in [-0.05, 0) is 98.6 Å². The van der Waals surface area contributed by atoms with Gasteiger partial charge in [-0.3, -0.25) is 14.5 Å². The molecule has 3 fully saturated rings. The topological polar surface area (TPSA) is 105 Å². The first-order valence-electron chi connectivity index (χ1n) is 16.0. The number of aliphatic carboxylic acids is 1. The number of rotatable bonds is 13. The average molecular weight is 617 g/mol. The number of methoxy groups -OCH3 is 1. The van der Waals surface area contributed by atoms with E-state index < -0.39 is 11.6 Å². The van der Waals surface area contributed by atoms with Crippen LogP contribution in [0.3, 0.4) is 0 Å². The molecule has 1 atom stereocenters. The summed E-state index contributed by atoms with van der Waals surface area (Å²) in [6.45, 7) is 1.91. The minimum absolute atomic E-state index is 0.00591. The van der Waals surface area contributed by atoms with Gasteiger partial charge in [-0.1, -0.05) is 6.07 Å². The molecule has 6 rings (SSSR count). The van der Waals surface area contributed by atoms with Crippen molar-refractivity contribution in [1.29, 1.82) is 0 Å². The third kappa shape index (κ3) is 7.37. The molecule has 3 aromatic rings. The summed E-state index contributed by atoms with van der Waals surface area (Å²) in [6, 6.07) is 14.6. The fraction of sp³-hybridized carbons (Fsp3) is 0.486. The number of ether oxygens (including phenoxy) is 2. The molecule has 1 aliphatic heterocycles. The minimum atomic E-state index is -1.40. The lowest BCUT2D eigenvalue weighted by atomic mass is 9.81. The molecule has 9 nitrogen and oxygen atoms in total. The Labute approximate surface area is 263 Å². The largest absolute Gasteiger partial charge is 0.497 e. The summed E-state index contributed by atoms with van der Waals surface area (Å²) >= 11 is 0. The molecule has 238 valence electrons. The van der Waals surface area contributed by atoms with Gasteiger partial charge >= 0.3 is 5.97 Å². The van der Waals surface area contributed by atoms with E-state index in [2.05, 4.69) is 14.9 Å². The van der Waals surface area contributed by atoms with Gasteiger partial charge in [0, 0.05) is 37.6 Å². The van der Waals surface area contributed by atoms with Crippen LogP contribution < -0.4 is 19.3 Å². The number of nitrogens with zero attached hydrogens (tertiary/aromatic N) is 4. The van der Waals surface area contributed by atoms with Crippen molar-refractivity contribution in [2.24, 2.45) is 11.8 Å². The number of aromatic nitrogens is 2. The standard InChI is InChI=1S/C35H41FN4O5/c1-44-27-8-9-28(34(43)40(23-35(36)13-4-14-35)31-5-2-3-15-37-31)30(20-27)39-17-11-24(12-18-39)22-45-32-19-26(10-16-38-32)29(21-33(41)42)25-6-7-25/h2-3,5,8-10,15-16,19-20,24-25,29H,4,6-7,11-14,17-18,21-23H2,1H3,(H,41,42). The fourth-order valence-corrected chi connectivity index (χ4v) is 6.52. The fourth-order valence-electron chi connectivity index (χ4n) is 6.52. The van der Waals surface area contributed by atoms with Crippen LogP contribution >= 0.6 is 0 Å². The number of benzene rings is 1. The summed E-state index contributed by atoms with van der Waals surface area (Å²) in [5.74, 6) is 1.26. The SMILES string of the molecule is COc1ccc(C(=O)N(CC2(F)CCC2)c2ccccn2)c(N2CCC(COc3cc(C(CC(=O)O)C4CC4)ccn3)CC2)c1. The number of carboxylic acid groups (broad SMARTS) is 1. The smallest absolute Gasteiger partial charge is 0.303 e. The van der Waals surface area contributed by atoms with Gasteiger partial charge in [-0.15, -0.1) is 0 Å². The van der Waals surface area contributed by atoms with Gasteiger partial charge in [-0.2, -0.15) is 0 Å². The van der Waals surface area contributed by atoms with Crippen LogP contribution in [0.4, 0.5) is 15.9 Å². The van der Waals surface area contributed by atoms with Gasteiger partial charge in [-0.25, -0.2) is 14.4 Å². The Kier molecular flexibility index (Phi) is 9.19. The molecule has 3 heterocycles. The second-order valence-corrected chi connectivity index (χ2v) is 12.7. The number of carbonyl (C=O) groups excluding carboxylic acids is 1. The van der Waals surface area contributed by atoms with Crippen LogP contribution in [-0.4, -0.2) is 66.0 Å². The maximum Gasteiger partial charge on any atom is 0.303 e. The van der Waals surface area contributed by atoms with Crippen LogP contribution in [0.5, 0.6) is 11.6 Å². The first kappa shape index (κ1) is 30.8. The number of hydrogen-bond acceptors (Lipinski definition) is 7. The van der Waals surface area contributed by atoms with Crippen LogP contribution in [0.1, 0.15) is 73.2 Å². The average Bonchev–Trinajstić information content (AvgIpc) is 3.90. The number of carbonyl (C=O) groups is 2. The molecule has 3 aliphatic rings. The zero-order valence-electron chi connectivity index (χ0n) is 25.7. The summed E-state index contributed by atoms with van der Waals surface area (Å²) in [7, 11) is 1.60. The van der Waals surface area contributed by atoms with Crippen molar-refractivity contribution < 1.29 is 28.6 Å². The first-order valence-corrected chi connectivity index (χ1v) is 16.0. The zero-order chi connectivity index (χ0) is 31.4. The lowest BCUT2D eigenvalue weighted by Gasteiger charge is -2.39. The summed E-state index contributed by atoms with van der Waals surface area (Å²) in [6.07, 6.45) is 8.98. The van der Waals surface area contributed by atoms with Gasteiger partial charge in [0.1, 0.15) is 17.2 Å². The number of hydrogen-bond donors (Lipinski definition) is 1. The number of amides is 1. The number of pyridine rings is 2. The molecule has 2 saturated carbocycles. The third-order valence-electron chi connectivity index (χ3n) is 9.49. The van der Waals surface area contributed by atoms with Gasteiger partial charge in [0.05, 0.1) is 37.9 Å². The van der Waals surface area contributed by atoms with Crippen LogP contribution in [0.15, 0.2) is 60.9 Å². The molecule has 45 heavy (non-hydrogen) atoms. The van der Waals surface area contributed by atoms with Crippen molar-refractivity contribution in [1.82, 2.24) is 9.97 Å². The van der Waals surface area contributed by atoms with Crippen LogP contribution in [0, 0.1) is 11.8 Å². The number of carboxylic acids is 1.